The monoisotopic (exact) mass is 269 g/mol. The highest BCUT2D eigenvalue weighted by Gasteiger charge is 2.11. The number of ether oxygens (including phenoxy) is 1. The van der Waals surface area contributed by atoms with E-state index in [-0.39, 0.29) is 10.6 Å². The average molecular weight is 269 g/mol. The molecular weight excluding hydrogens is 254 g/mol. The molecular formula is C16H15NO3. The summed E-state index contributed by atoms with van der Waals surface area (Å²) in [7, 11) is 1.60. The van der Waals surface area contributed by atoms with Crippen LogP contribution in [0, 0.1) is 10.1 Å². The van der Waals surface area contributed by atoms with Crippen LogP contribution in [0.5, 0.6) is 5.75 Å². The number of non-ortho nitro benzene ring substituents is 1. The second-order valence-corrected chi connectivity index (χ2v) is 4.53. The normalized spacial score (nSPS) is 10.1. The van der Waals surface area contributed by atoms with Crippen molar-refractivity contribution in [3.05, 3.63) is 64.7 Å². The molecule has 0 bridgehead atoms. The highest BCUT2D eigenvalue weighted by molar-refractivity contribution is 5.74. The van der Waals surface area contributed by atoms with E-state index in [1.54, 1.807) is 13.2 Å². The molecule has 20 heavy (non-hydrogen) atoms. The van der Waals surface area contributed by atoms with Crippen LogP contribution in [0.3, 0.4) is 0 Å². The Morgan fingerprint density at radius 2 is 1.80 bits per heavy atom. The van der Waals surface area contributed by atoms with Crippen LogP contribution in [-0.2, 0) is 0 Å². The molecule has 2 aromatic rings. The zero-order valence-corrected chi connectivity index (χ0v) is 11.4. The Morgan fingerprint density at radius 1 is 1.15 bits per heavy atom. The predicted molar refractivity (Wildman–Crippen MR) is 79.8 cm³/mol. The Morgan fingerprint density at radius 3 is 2.30 bits per heavy atom. The van der Waals surface area contributed by atoms with Gasteiger partial charge in [0.05, 0.1) is 12.0 Å². The standard InChI is InChI=1S/C16H15NO3/c1-11(2)13-8-14(10-15(9-13)17(18)19)12-4-6-16(20-3)7-5-12/h4-10H,1H2,2-3H3. The fraction of sp³-hybridized carbons (Fsp3) is 0.125. The predicted octanol–water partition coefficient (Wildman–Crippen LogP) is 4.30. The number of methoxy groups -OCH3 is 1. The molecule has 2 aromatic carbocycles. The van der Waals surface area contributed by atoms with E-state index in [9.17, 15) is 10.1 Å². The van der Waals surface area contributed by atoms with Crippen LogP contribution in [0.15, 0.2) is 49.0 Å². The summed E-state index contributed by atoms with van der Waals surface area (Å²) in [4.78, 5) is 10.6. The second kappa shape index (κ2) is 5.57. The molecule has 0 aliphatic rings. The first-order valence-electron chi connectivity index (χ1n) is 6.11. The Balaban J connectivity index is 2.53. The summed E-state index contributed by atoms with van der Waals surface area (Å²) in [5.74, 6) is 0.749. The molecule has 0 N–H and O–H groups in total. The van der Waals surface area contributed by atoms with Crippen molar-refractivity contribution in [3.8, 4) is 16.9 Å². The molecule has 0 atom stereocenters. The van der Waals surface area contributed by atoms with Crippen LogP contribution in [0.25, 0.3) is 16.7 Å². The lowest BCUT2D eigenvalue weighted by molar-refractivity contribution is -0.384. The van der Waals surface area contributed by atoms with Crippen LogP contribution in [0.4, 0.5) is 5.69 Å². The summed E-state index contributed by atoms with van der Waals surface area (Å²) >= 11 is 0. The van der Waals surface area contributed by atoms with Crippen molar-refractivity contribution in [2.45, 2.75) is 6.92 Å². The number of benzene rings is 2. The Labute approximate surface area is 117 Å². The maximum Gasteiger partial charge on any atom is 0.270 e. The molecule has 0 aliphatic heterocycles. The summed E-state index contributed by atoms with van der Waals surface area (Å²) in [5.41, 5.74) is 3.32. The van der Waals surface area contributed by atoms with Gasteiger partial charge in [0.1, 0.15) is 5.75 Å². The molecule has 0 saturated carbocycles. The average Bonchev–Trinajstić information content (AvgIpc) is 2.46. The van der Waals surface area contributed by atoms with Gasteiger partial charge in [-0.3, -0.25) is 10.1 Å². The minimum absolute atomic E-state index is 0.0660. The zero-order valence-electron chi connectivity index (χ0n) is 11.4. The highest BCUT2D eigenvalue weighted by atomic mass is 16.6. The van der Waals surface area contributed by atoms with E-state index >= 15 is 0 Å². The molecule has 0 fully saturated rings. The summed E-state index contributed by atoms with van der Waals surface area (Å²) in [5, 5.41) is 11.0. The first-order chi connectivity index (χ1) is 9.51. The Kier molecular flexibility index (Phi) is 3.84. The fourth-order valence-electron chi connectivity index (χ4n) is 1.91. The first kappa shape index (κ1) is 13.8. The Bertz CT molecular complexity index is 628. The Hall–Kier alpha value is -2.62. The largest absolute Gasteiger partial charge is 0.497 e. The highest BCUT2D eigenvalue weighted by Crippen LogP contribution is 2.29. The van der Waals surface area contributed by atoms with E-state index in [0.717, 1.165) is 28.0 Å². The van der Waals surface area contributed by atoms with Crippen molar-refractivity contribution in [1.82, 2.24) is 0 Å². The molecule has 0 aromatic heterocycles. The van der Waals surface area contributed by atoms with Crippen molar-refractivity contribution in [2.24, 2.45) is 0 Å². The van der Waals surface area contributed by atoms with Gasteiger partial charge in [-0.25, -0.2) is 0 Å². The molecule has 0 unspecified atom stereocenters. The number of nitro benzene ring substituents is 1. The molecule has 0 amide bonds. The fourth-order valence-corrected chi connectivity index (χ4v) is 1.91. The van der Waals surface area contributed by atoms with E-state index in [1.165, 1.54) is 6.07 Å². The van der Waals surface area contributed by atoms with Crippen LogP contribution < -0.4 is 4.74 Å². The molecule has 4 nitrogen and oxygen atoms in total. The minimum Gasteiger partial charge on any atom is -0.497 e. The van der Waals surface area contributed by atoms with Gasteiger partial charge in [0.15, 0.2) is 0 Å². The van der Waals surface area contributed by atoms with E-state index in [1.807, 2.05) is 37.3 Å². The van der Waals surface area contributed by atoms with Crippen molar-refractivity contribution in [2.75, 3.05) is 7.11 Å². The van der Waals surface area contributed by atoms with E-state index in [2.05, 4.69) is 6.58 Å². The number of nitrogens with zero attached hydrogens (tertiary/aromatic N) is 1. The number of allylic oxidation sites excluding steroid dienone is 1. The lowest BCUT2D eigenvalue weighted by Gasteiger charge is -2.07. The van der Waals surface area contributed by atoms with E-state index in [4.69, 9.17) is 4.74 Å². The first-order valence-corrected chi connectivity index (χ1v) is 6.11. The van der Waals surface area contributed by atoms with Gasteiger partial charge in [0, 0.05) is 12.1 Å². The molecule has 102 valence electrons. The quantitative estimate of drug-likeness (QED) is 0.614. The van der Waals surface area contributed by atoms with Crippen molar-refractivity contribution in [1.29, 1.82) is 0 Å². The third kappa shape index (κ3) is 2.85. The van der Waals surface area contributed by atoms with Crippen molar-refractivity contribution in [3.63, 3.8) is 0 Å². The molecule has 0 spiro atoms. The number of hydrogen-bond acceptors (Lipinski definition) is 3. The summed E-state index contributed by atoms with van der Waals surface area (Å²) in [6.07, 6.45) is 0. The summed E-state index contributed by atoms with van der Waals surface area (Å²) < 4.78 is 5.11. The van der Waals surface area contributed by atoms with Crippen molar-refractivity contribution >= 4 is 11.3 Å². The summed E-state index contributed by atoms with van der Waals surface area (Å²) in [6, 6.07) is 12.4. The molecule has 0 saturated heterocycles. The number of hydrogen-bond donors (Lipinski definition) is 0. The van der Waals surface area contributed by atoms with Gasteiger partial charge in [0.2, 0.25) is 0 Å². The van der Waals surface area contributed by atoms with Gasteiger partial charge in [-0.2, -0.15) is 0 Å². The van der Waals surface area contributed by atoms with E-state index in [0.29, 0.717) is 0 Å². The van der Waals surface area contributed by atoms with Gasteiger partial charge in [-0.1, -0.05) is 24.3 Å². The topological polar surface area (TPSA) is 52.4 Å². The number of nitro groups is 1. The lowest BCUT2D eigenvalue weighted by Crippen LogP contribution is -1.91. The van der Waals surface area contributed by atoms with Crippen LogP contribution in [0.2, 0.25) is 0 Å². The molecule has 0 heterocycles. The maximum absolute atomic E-state index is 11.0. The SMILES string of the molecule is C=C(C)c1cc(-c2ccc(OC)cc2)cc([N+](=O)[O-])c1. The molecule has 0 radical (unpaired) electrons. The molecule has 2 rings (SSSR count). The summed E-state index contributed by atoms with van der Waals surface area (Å²) in [6.45, 7) is 5.68. The lowest BCUT2D eigenvalue weighted by atomic mass is 9.99. The van der Waals surface area contributed by atoms with Gasteiger partial charge in [-0.15, -0.1) is 0 Å². The zero-order chi connectivity index (χ0) is 14.7. The second-order valence-electron chi connectivity index (χ2n) is 4.53. The van der Waals surface area contributed by atoms with Gasteiger partial charge < -0.3 is 4.74 Å². The van der Waals surface area contributed by atoms with Crippen LogP contribution in [-0.4, -0.2) is 12.0 Å². The van der Waals surface area contributed by atoms with Crippen molar-refractivity contribution < 1.29 is 9.66 Å². The number of rotatable bonds is 4. The minimum atomic E-state index is -0.389. The molecule has 4 heteroatoms. The van der Waals surface area contributed by atoms with Crippen LogP contribution >= 0.6 is 0 Å². The smallest absolute Gasteiger partial charge is 0.270 e. The third-order valence-electron chi connectivity index (χ3n) is 3.04. The van der Waals surface area contributed by atoms with E-state index < -0.39 is 0 Å². The maximum atomic E-state index is 11.0. The third-order valence-corrected chi connectivity index (χ3v) is 3.04. The van der Waals surface area contributed by atoms with Gasteiger partial charge >= 0.3 is 0 Å². The van der Waals surface area contributed by atoms with Crippen LogP contribution in [0.1, 0.15) is 12.5 Å². The molecule has 0 aliphatic carbocycles. The van der Waals surface area contributed by atoms with Gasteiger partial charge in [-0.05, 0) is 41.8 Å². The van der Waals surface area contributed by atoms with Gasteiger partial charge in [0.25, 0.3) is 5.69 Å².